The van der Waals surface area contributed by atoms with Crippen LogP contribution in [-0.2, 0) is 9.53 Å². The Morgan fingerprint density at radius 1 is 1.73 bits per heavy atom. The summed E-state index contributed by atoms with van der Waals surface area (Å²) in [7, 11) is 1.39. The minimum Gasteiger partial charge on any atom is -0.468 e. The molecule has 0 aromatic rings. The summed E-state index contributed by atoms with van der Waals surface area (Å²) in [6.45, 7) is 0. The van der Waals surface area contributed by atoms with Crippen LogP contribution in [0.1, 0.15) is 12.8 Å². The van der Waals surface area contributed by atoms with Gasteiger partial charge in [0.1, 0.15) is 5.54 Å². The zero-order valence-electron chi connectivity index (χ0n) is 6.63. The molecule has 1 rings (SSSR count). The molecule has 0 saturated carbocycles. The van der Waals surface area contributed by atoms with Crippen LogP contribution in [0.5, 0.6) is 0 Å². The molecule has 1 aliphatic heterocycles. The number of esters is 1. The highest BCUT2D eigenvalue weighted by Gasteiger charge is 2.36. The Hall–Kier alpha value is -0.220. The van der Waals surface area contributed by atoms with Crippen LogP contribution in [0.3, 0.4) is 0 Å². The number of carbonyl (C=O) groups excluding carboxylic acids is 1. The monoisotopic (exact) mass is 175 g/mol. The maximum Gasteiger partial charge on any atom is 0.326 e. The van der Waals surface area contributed by atoms with Gasteiger partial charge < -0.3 is 10.5 Å². The Morgan fingerprint density at radius 3 is 2.91 bits per heavy atom. The lowest BCUT2D eigenvalue weighted by Gasteiger charge is -2.29. The molecule has 0 aromatic heterocycles. The van der Waals surface area contributed by atoms with Crippen molar-refractivity contribution in [3.05, 3.63) is 0 Å². The molecule has 1 saturated heterocycles. The fraction of sp³-hybridized carbons (Fsp3) is 0.857. The van der Waals surface area contributed by atoms with E-state index in [1.165, 1.54) is 7.11 Å². The van der Waals surface area contributed by atoms with Crippen LogP contribution in [0.15, 0.2) is 0 Å². The van der Waals surface area contributed by atoms with Crippen molar-refractivity contribution in [3.63, 3.8) is 0 Å². The van der Waals surface area contributed by atoms with Gasteiger partial charge in [-0.05, 0) is 18.6 Å². The molecule has 0 amide bonds. The van der Waals surface area contributed by atoms with Crippen molar-refractivity contribution in [2.75, 3.05) is 18.6 Å². The molecule has 4 heteroatoms. The summed E-state index contributed by atoms with van der Waals surface area (Å²) in [6, 6.07) is 0. The smallest absolute Gasteiger partial charge is 0.326 e. The summed E-state index contributed by atoms with van der Waals surface area (Å²) in [6.07, 6.45) is 1.77. The fourth-order valence-electron chi connectivity index (χ4n) is 1.18. The van der Waals surface area contributed by atoms with Crippen LogP contribution in [0.4, 0.5) is 0 Å². The summed E-state index contributed by atoms with van der Waals surface area (Å²) >= 11 is 1.72. The van der Waals surface area contributed by atoms with E-state index in [-0.39, 0.29) is 5.97 Å². The van der Waals surface area contributed by atoms with E-state index in [0.29, 0.717) is 5.75 Å². The molecule has 0 bridgehead atoms. The first-order valence-electron chi connectivity index (χ1n) is 3.64. The normalized spacial score (nSPS) is 31.5. The molecule has 0 spiro atoms. The second-order valence-corrected chi connectivity index (χ2v) is 3.91. The number of thioether (sulfide) groups is 1. The summed E-state index contributed by atoms with van der Waals surface area (Å²) in [5, 5.41) is 0. The first kappa shape index (κ1) is 8.87. The molecular formula is C7H13NO2S. The van der Waals surface area contributed by atoms with Crippen LogP contribution >= 0.6 is 11.8 Å². The van der Waals surface area contributed by atoms with E-state index in [9.17, 15) is 4.79 Å². The first-order chi connectivity index (χ1) is 5.19. The quantitative estimate of drug-likeness (QED) is 0.585. The average molecular weight is 175 g/mol. The number of ether oxygens (including phenoxy) is 1. The van der Waals surface area contributed by atoms with E-state index in [2.05, 4.69) is 4.74 Å². The van der Waals surface area contributed by atoms with Crippen molar-refractivity contribution in [1.29, 1.82) is 0 Å². The Kier molecular flexibility index (Phi) is 2.78. The molecule has 0 aromatic carbocycles. The Labute approximate surface area is 70.7 Å². The molecule has 2 N–H and O–H groups in total. The largest absolute Gasteiger partial charge is 0.468 e. The van der Waals surface area contributed by atoms with Gasteiger partial charge in [0.15, 0.2) is 0 Å². The molecule has 64 valence electrons. The van der Waals surface area contributed by atoms with Crippen molar-refractivity contribution in [2.24, 2.45) is 5.73 Å². The maximum atomic E-state index is 11.1. The lowest BCUT2D eigenvalue weighted by Crippen LogP contribution is -2.52. The molecular weight excluding hydrogens is 162 g/mol. The van der Waals surface area contributed by atoms with E-state index in [0.717, 1.165) is 18.6 Å². The minimum absolute atomic E-state index is 0.273. The number of methoxy groups -OCH3 is 1. The van der Waals surface area contributed by atoms with Gasteiger partial charge in [-0.2, -0.15) is 11.8 Å². The molecule has 0 radical (unpaired) electrons. The lowest BCUT2D eigenvalue weighted by atomic mass is 9.97. The molecule has 1 aliphatic rings. The average Bonchev–Trinajstić information content (AvgIpc) is 2.04. The van der Waals surface area contributed by atoms with Crippen molar-refractivity contribution < 1.29 is 9.53 Å². The van der Waals surface area contributed by atoms with Gasteiger partial charge in [0.25, 0.3) is 0 Å². The number of hydrogen-bond donors (Lipinski definition) is 1. The summed E-state index contributed by atoms with van der Waals surface area (Å²) < 4.78 is 4.62. The molecule has 1 heterocycles. The van der Waals surface area contributed by atoms with Crippen molar-refractivity contribution >= 4 is 17.7 Å². The SMILES string of the molecule is COC(=O)C1(N)CCCSC1. The zero-order chi connectivity index (χ0) is 8.32. The van der Waals surface area contributed by atoms with Crippen LogP contribution in [0.25, 0.3) is 0 Å². The highest BCUT2D eigenvalue weighted by atomic mass is 32.2. The topological polar surface area (TPSA) is 52.3 Å². The fourth-order valence-corrected chi connectivity index (χ4v) is 2.30. The Morgan fingerprint density at radius 2 is 2.45 bits per heavy atom. The highest BCUT2D eigenvalue weighted by Crippen LogP contribution is 2.25. The van der Waals surface area contributed by atoms with E-state index < -0.39 is 5.54 Å². The van der Waals surface area contributed by atoms with Crippen LogP contribution in [0, 0.1) is 0 Å². The minimum atomic E-state index is -0.711. The summed E-state index contributed by atoms with van der Waals surface area (Å²) in [4.78, 5) is 11.1. The maximum absolute atomic E-state index is 11.1. The highest BCUT2D eigenvalue weighted by molar-refractivity contribution is 7.99. The van der Waals surface area contributed by atoms with E-state index in [1.807, 2.05) is 0 Å². The molecule has 11 heavy (non-hydrogen) atoms. The van der Waals surface area contributed by atoms with Gasteiger partial charge in [0, 0.05) is 5.75 Å². The lowest BCUT2D eigenvalue weighted by molar-refractivity contribution is -0.146. The second-order valence-electron chi connectivity index (χ2n) is 2.80. The number of nitrogens with two attached hydrogens (primary N) is 1. The van der Waals surface area contributed by atoms with Gasteiger partial charge >= 0.3 is 5.97 Å². The van der Waals surface area contributed by atoms with E-state index in [4.69, 9.17) is 5.73 Å². The molecule has 1 fully saturated rings. The number of rotatable bonds is 1. The number of carbonyl (C=O) groups is 1. The van der Waals surface area contributed by atoms with Gasteiger partial charge in [-0.25, -0.2) is 0 Å². The van der Waals surface area contributed by atoms with Crippen molar-refractivity contribution in [2.45, 2.75) is 18.4 Å². The molecule has 1 unspecified atom stereocenters. The van der Waals surface area contributed by atoms with Gasteiger partial charge in [0.2, 0.25) is 0 Å². The van der Waals surface area contributed by atoms with Crippen LogP contribution < -0.4 is 5.73 Å². The van der Waals surface area contributed by atoms with E-state index in [1.54, 1.807) is 11.8 Å². The number of hydrogen-bond acceptors (Lipinski definition) is 4. The molecule has 3 nitrogen and oxygen atoms in total. The molecule has 1 atom stereocenters. The first-order valence-corrected chi connectivity index (χ1v) is 4.79. The van der Waals surface area contributed by atoms with Gasteiger partial charge in [0.05, 0.1) is 7.11 Å². The van der Waals surface area contributed by atoms with Gasteiger partial charge in [-0.15, -0.1) is 0 Å². The summed E-state index contributed by atoms with van der Waals surface area (Å²) in [5.74, 6) is 1.53. The standard InChI is InChI=1S/C7H13NO2S/c1-10-6(9)7(8)3-2-4-11-5-7/h2-5,8H2,1H3. The third kappa shape index (κ3) is 1.87. The Bertz CT molecular complexity index is 155. The zero-order valence-corrected chi connectivity index (χ0v) is 7.45. The van der Waals surface area contributed by atoms with Crippen LogP contribution in [0.2, 0.25) is 0 Å². The summed E-state index contributed by atoms with van der Waals surface area (Å²) in [5.41, 5.74) is 5.11. The van der Waals surface area contributed by atoms with Crippen molar-refractivity contribution in [3.8, 4) is 0 Å². The third-order valence-corrected chi connectivity index (χ3v) is 3.16. The van der Waals surface area contributed by atoms with E-state index >= 15 is 0 Å². The Balaban J connectivity index is 2.56. The van der Waals surface area contributed by atoms with Gasteiger partial charge in [-0.1, -0.05) is 0 Å². The van der Waals surface area contributed by atoms with Crippen LogP contribution in [-0.4, -0.2) is 30.1 Å². The van der Waals surface area contributed by atoms with Gasteiger partial charge in [-0.3, -0.25) is 4.79 Å². The third-order valence-electron chi connectivity index (χ3n) is 1.86. The second kappa shape index (κ2) is 3.45. The molecule has 0 aliphatic carbocycles. The predicted molar refractivity (Wildman–Crippen MR) is 45.5 cm³/mol. The predicted octanol–water partition coefficient (Wildman–Crippen LogP) is 0.384. The van der Waals surface area contributed by atoms with Crippen molar-refractivity contribution in [1.82, 2.24) is 0 Å².